The Labute approximate surface area is 97.3 Å². The highest BCUT2D eigenvalue weighted by Gasteiger charge is 2.04. The second-order valence-corrected chi connectivity index (χ2v) is 4.12. The van der Waals surface area contributed by atoms with Gasteiger partial charge in [0.05, 0.1) is 5.69 Å². The molecule has 0 aromatic carbocycles. The van der Waals surface area contributed by atoms with Crippen LogP contribution in [0.2, 0.25) is 5.15 Å². The Kier molecular flexibility index (Phi) is 5.66. The van der Waals surface area contributed by atoms with E-state index in [1.165, 1.54) is 12.8 Å². The van der Waals surface area contributed by atoms with Crippen molar-refractivity contribution in [2.45, 2.75) is 33.2 Å². The fourth-order valence-corrected chi connectivity index (χ4v) is 1.85. The van der Waals surface area contributed by atoms with Gasteiger partial charge in [-0.3, -0.25) is 4.90 Å². The molecule has 0 atom stereocenters. The van der Waals surface area contributed by atoms with Crippen LogP contribution in [-0.2, 0) is 6.54 Å². The summed E-state index contributed by atoms with van der Waals surface area (Å²) >= 11 is 5.85. The van der Waals surface area contributed by atoms with Crippen LogP contribution in [0.1, 0.15) is 32.4 Å². The van der Waals surface area contributed by atoms with Crippen molar-refractivity contribution in [2.24, 2.45) is 0 Å². The van der Waals surface area contributed by atoms with Crippen molar-refractivity contribution in [3.63, 3.8) is 0 Å². The van der Waals surface area contributed by atoms with E-state index in [9.17, 15) is 0 Å². The first kappa shape index (κ1) is 12.5. The van der Waals surface area contributed by atoms with Crippen molar-refractivity contribution < 1.29 is 0 Å². The van der Waals surface area contributed by atoms with Crippen molar-refractivity contribution in [3.05, 3.63) is 29.0 Å². The zero-order valence-electron chi connectivity index (χ0n) is 9.54. The Morgan fingerprint density at radius 1 is 1.20 bits per heavy atom. The zero-order valence-corrected chi connectivity index (χ0v) is 10.3. The van der Waals surface area contributed by atoms with Gasteiger partial charge < -0.3 is 0 Å². The van der Waals surface area contributed by atoms with E-state index in [1.54, 1.807) is 0 Å². The minimum absolute atomic E-state index is 0.584. The van der Waals surface area contributed by atoms with Crippen molar-refractivity contribution in [1.29, 1.82) is 0 Å². The van der Waals surface area contributed by atoms with Crippen molar-refractivity contribution in [3.8, 4) is 0 Å². The highest BCUT2D eigenvalue weighted by Crippen LogP contribution is 2.08. The number of nitrogens with zero attached hydrogens (tertiary/aromatic N) is 2. The summed E-state index contributed by atoms with van der Waals surface area (Å²) in [5, 5.41) is 0.584. The first-order valence-electron chi connectivity index (χ1n) is 5.60. The van der Waals surface area contributed by atoms with Crippen LogP contribution in [0.4, 0.5) is 0 Å². The van der Waals surface area contributed by atoms with Crippen molar-refractivity contribution in [2.75, 3.05) is 13.1 Å². The molecule has 0 amide bonds. The first-order chi connectivity index (χ1) is 7.26. The Morgan fingerprint density at radius 3 is 2.40 bits per heavy atom. The molecule has 0 aliphatic heterocycles. The second-order valence-electron chi connectivity index (χ2n) is 3.73. The van der Waals surface area contributed by atoms with Gasteiger partial charge in [-0.1, -0.05) is 31.5 Å². The van der Waals surface area contributed by atoms with Gasteiger partial charge in [-0.25, -0.2) is 4.98 Å². The van der Waals surface area contributed by atoms with E-state index in [2.05, 4.69) is 23.7 Å². The molecule has 0 unspecified atom stereocenters. The molecule has 3 heteroatoms. The number of pyridine rings is 1. The molecule has 1 aromatic heterocycles. The third-order valence-corrected chi connectivity index (χ3v) is 2.45. The van der Waals surface area contributed by atoms with Crippen molar-refractivity contribution in [1.82, 2.24) is 9.88 Å². The third kappa shape index (κ3) is 4.63. The third-order valence-electron chi connectivity index (χ3n) is 2.24. The van der Waals surface area contributed by atoms with Crippen LogP contribution < -0.4 is 0 Å². The maximum atomic E-state index is 5.85. The van der Waals surface area contributed by atoms with Crippen LogP contribution in [0.15, 0.2) is 18.2 Å². The van der Waals surface area contributed by atoms with Crippen LogP contribution in [0.3, 0.4) is 0 Å². The summed E-state index contributed by atoms with van der Waals surface area (Å²) in [4.78, 5) is 6.72. The standard InChI is InChI=1S/C12H19ClN2/c1-3-8-15(9-4-2)10-11-6-5-7-12(13)14-11/h5-7H,3-4,8-10H2,1-2H3. The van der Waals surface area contributed by atoms with Gasteiger partial charge >= 0.3 is 0 Å². The second kappa shape index (κ2) is 6.81. The molecule has 15 heavy (non-hydrogen) atoms. The molecule has 84 valence electrons. The SMILES string of the molecule is CCCN(CCC)Cc1cccc(Cl)n1. The van der Waals surface area contributed by atoms with Crippen LogP contribution in [0.25, 0.3) is 0 Å². The minimum atomic E-state index is 0.584. The average molecular weight is 227 g/mol. The molecule has 0 saturated carbocycles. The van der Waals surface area contributed by atoms with Gasteiger partial charge in [-0.05, 0) is 38.1 Å². The normalized spacial score (nSPS) is 10.9. The molecule has 0 aliphatic rings. The van der Waals surface area contributed by atoms with Gasteiger partial charge in [0.25, 0.3) is 0 Å². The summed E-state index contributed by atoms with van der Waals surface area (Å²) < 4.78 is 0. The number of aromatic nitrogens is 1. The highest BCUT2D eigenvalue weighted by atomic mass is 35.5. The van der Waals surface area contributed by atoms with E-state index in [0.717, 1.165) is 25.3 Å². The van der Waals surface area contributed by atoms with E-state index in [0.29, 0.717) is 5.15 Å². The smallest absolute Gasteiger partial charge is 0.129 e. The summed E-state index contributed by atoms with van der Waals surface area (Å²) in [6.45, 7) is 7.56. The lowest BCUT2D eigenvalue weighted by Gasteiger charge is -2.20. The summed E-state index contributed by atoms with van der Waals surface area (Å²) in [7, 11) is 0. The van der Waals surface area contributed by atoms with E-state index in [1.807, 2.05) is 18.2 Å². The van der Waals surface area contributed by atoms with Crippen molar-refractivity contribution >= 4 is 11.6 Å². The van der Waals surface area contributed by atoms with E-state index < -0.39 is 0 Å². The monoisotopic (exact) mass is 226 g/mol. The van der Waals surface area contributed by atoms with Gasteiger partial charge in [0.1, 0.15) is 5.15 Å². The van der Waals surface area contributed by atoms with Gasteiger partial charge in [-0.15, -0.1) is 0 Å². The molecule has 0 bridgehead atoms. The summed E-state index contributed by atoms with van der Waals surface area (Å²) in [6, 6.07) is 5.81. The maximum Gasteiger partial charge on any atom is 0.129 e. The Balaban J connectivity index is 2.56. The summed E-state index contributed by atoms with van der Waals surface area (Å²) in [5.74, 6) is 0. The predicted octanol–water partition coefficient (Wildman–Crippen LogP) is 3.36. The fraction of sp³-hybridized carbons (Fsp3) is 0.583. The quantitative estimate of drug-likeness (QED) is 0.692. The van der Waals surface area contributed by atoms with Gasteiger partial charge in [0.2, 0.25) is 0 Å². The lowest BCUT2D eigenvalue weighted by Crippen LogP contribution is -2.25. The summed E-state index contributed by atoms with van der Waals surface area (Å²) in [6.07, 6.45) is 2.36. The number of rotatable bonds is 6. The first-order valence-corrected chi connectivity index (χ1v) is 5.97. The number of hydrogen-bond acceptors (Lipinski definition) is 2. The van der Waals surface area contributed by atoms with Gasteiger partial charge in [0, 0.05) is 6.54 Å². The zero-order chi connectivity index (χ0) is 11.1. The van der Waals surface area contributed by atoms with E-state index >= 15 is 0 Å². The highest BCUT2D eigenvalue weighted by molar-refractivity contribution is 6.29. The van der Waals surface area contributed by atoms with Gasteiger partial charge in [0.15, 0.2) is 0 Å². The lowest BCUT2D eigenvalue weighted by atomic mass is 10.3. The van der Waals surface area contributed by atoms with E-state index in [-0.39, 0.29) is 0 Å². The molecule has 0 radical (unpaired) electrons. The molecular weight excluding hydrogens is 208 g/mol. The Hall–Kier alpha value is -0.600. The van der Waals surface area contributed by atoms with Crippen LogP contribution in [-0.4, -0.2) is 23.0 Å². The van der Waals surface area contributed by atoms with Crippen LogP contribution in [0.5, 0.6) is 0 Å². The molecule has 2 nitrogen and oxygen atoms in total. The number of halogens is 1. The molecule has 0 spiro atoms. The fourth-order valence-electron chi connectivity index (χ4n) is 1.67. The molecule has 1 rings (SSSR count). The predicted molar refractivity (Wildman–Crippen MR) is 65.1 cm³/mol. The molecule has 1 heterocycles. The maximum absolute atomic E-state index is 5.85. The summed E-state index contributed by atoms with van der Waals surface area (Å²) in [5.41, 5.74) is 1.06. The largest absolute Gasteiger partial charge is 0.298 e. The lowest BCUT2D eigenvalue weighted by molar-refractivity contribution is 0.263. The van der Waals surface area contributed by atoms with Crippen LogP contribution in [0, 0.1) is 0 Å². The van der Waals surface area contributed by atoms with Gasteiger partial charge in [-0.2, -0.15) is 0 Å². The molecule has 1 aromatic rings. The Bertz CT molecular complexity index is 283. The topological polar surface area (TPSA) is 16.1 Å². The average Bonchev–Trinajstić information content (AvgIpc) is 2.18. The Morgan fingerprint density at radius 2 is 1.87 bits per heavy atom. The molecule has 0 aliphatic carbocycles. The molecule has 0 N–H and O–H groups in total. The number of hydrogen-bond donors (Lipinski definition) is 0. The van der Waals surface area contributed by atoms with E-state index in [4.69, 9.17) is 11.6 Å². The molecular formula is C12H19ClN2. The minimum Gasteiger partial charge on any atom is -0.298 e. The molecule has 0 fully saturated rings. The van der Waals surface area contributed by atoms with Crippen LogP contribution >= 0.6 is 11.6 Å². The molecule has 0 saturated heterocycles.